The van der Waals surface area contributed by atoms with E-state index in [-0.39, 0.29) is 17.8 Å². The van der Waals surface area contributed by atoms with E-state index in [4.69, 9.17) is 0 Å². The molecule has 2 unspecified atom stereocenters. The van der Waals surface area contributed by atoms with Crippen molar-refractivity contribution in [1.29, 1.82) is 0 Å². The number of sulfonamides is 1. The summed E-state index contributed by atoms with van der Waals surface area (Å²) in [4.78, 5) is 12.6. The molecule has 1 aliphatic heterocycles. The van der Waals surface area contributed by atoms with E-state index >= 15 is 0 Å². The molecule has 1 amide bonds. The quantitative estimate of drug-likeness (QED) is 0.840. The molecule has 1 saturated heterocycles. The SMILES string of the molecule is Cc1c(C(C)NC(=O)C2CCCN2S(C)(=O)=O)cnn1-c1ccc(F)cc1. The van der Waals surface area contributed by atoms with Crippen LogP contribution in [0.3, 0.4) is 0 Å². The van der Waals surface area contributed by atoms with Crippen LogP contribution in [-0.4, -0.2) is 47.3 Å². The van der Waals surface area contributed by atoms with Gasteiger partial charge in [-0.25, -0.2) is 17.5 Å². The van der Waals surface area contributed by atoms with Crippen molar-refractivity contribution in [3.63, 3.8) is 0 Å². The molecule has 1 N–H and O–H groups in total. The minimum Gasteiger partial charge on any atom is -0.348 e. The van der Waals surface area contributed by atoms with E-state index in [0.717, 1.165) is 23.2 Å². The van der Waals surface area contributed by atoms with Crippen LogP contribution in [0.25, 0.3) is 5.69 Å². The smallest absolute Gasteiger partial charge is 0.238 e. The molecule has 9 heteroatoms. The average molecular weight is 394 g/mol. The van der Waals surface area contributed by atoms with Gasteiger partial charge in [-0.15, -0.1) is 0 Å². The summed E-state index contributed by atoms with van der Waals surface area (Å²) in [5, 5.41) is 7.23. The first-order valence-corrected chi connectivity index (χ1v) is 10.6. The summed E-state index contributed by atoms with van der Waals surface area (Å²) < 4.78 is 39.7. The van der Waals surface area contributed by atoms with Gasteiger partial charge in [-0.3, -0.25) is 4.79 Å². The third kappa shape index (κ3) is 4.03. The highest BCUT2D eigenvalue weighted by Crippen LogP contribution is 2.24. The number of hydrogen-bond donors (Lipinski definition) is 1. The Balaban J connectivity index is 1.76. The van der Waals surface area contributed by atoms with Crippen molar-refractivity contribution in [2.75, 3.05) is 12.8 Å². The Labute approximate surface area is 158 Å². The lowest BCUT2D eigenvalue weighted by molar-refractivity contribution is -0.124. The molecule has 2 aromatic rings. The zero-order valence-corrected chi connectivity index (χ0v) is 16.3. The maximum atomic E-state index is 13.1. The number of aromatic nitrogens is 2. The maximum absolute atomic E-state index is 13.1. The molecule has 0 radical (unpaired) electrons. The van der Waals surface area contributed by atoms with Gasteiger partial charge in [-0.2, -0.15) is 9.40 Å². The molecule has 1 aromatic heterocycles. The summed E-state index contributed by atoms with van der Waals surface area (Å²) in [6.45, 7) is 4.07. The van der Waals surface area contributed by atoms with Crippen molar-refractivity contribution in [3.8, 4) is 5.69 Å². The summed E-state index contributed by atoms with van der Waals surface area (Å²) in [6, 6.07) is 4.97. The van der Waals surface area contributed by atoms with Crippen LogP contribution in [0, 0.1) is 12.7 Å². The largest absolute Gasteiger partial charge is 0.348 e. The van der Waals surface area contributed by atoms with Crippen LogP contribution in [0.2, 0.25) is 0 Å². The highest BCUT2D eigenvalue weighted by atomic mass is 32.2. The lowest BCUT2D eigenvalue weighted by Crippen LogP contribution is -2.46. The molecule has 1 aliphatic rings. The van der Waals surface area contributed by atoms with Crippen molar-refractivity contribution < 1.29 is 17.6 Å². The second-order valence-electron chi connectivity index (χ2n) is 6.84. The Bertz CT molecular complexity index is 940. The van der Waals surface area contributed by atoms with E-state index in [2.05, 4.69) is 10.4 Å². The van der Waals surface area contributed by atoms with E-state index in [1.807, 2.05) is 13.8 Å². The van der Waals surface area contributed by atoms with Crippen LogP contribution in [0.1, 0.15) is 37.1 Å². The Hall–Kier alpha value is -2.26. The minimum atomic E-state index is -3.42. The molecule has 2 atom stereocenters. The fourth-order valence-electron chi connectivity index (χ4n) is 3.48. The summed E-state index contributed by atoms with van der Waals surface area (Å²) in [7, 11) is -3.42. The molecule has 3 rings (SSSR count). The standard InChI is InChI=1S/C18H23FN4O3S/c1-12(21-18(24)17-5-4-10-22(17)27(3,25)26)16-11-20-23(13(16)2)15-8-6-14(19)7-9-15/h6-9,11-12,17H,4-5,10H2,1-3H3,(H,21,24). The summed E-state index contributed by atoms with van der Waals surface area (Å²) in [5.41, 5.74) is 2.36. The molecular formula is C18H23FN4O3S. The van der Waals surface area contributed by atoms with E-state index in [1.165, 1.54) is 16.4 Å². The van der Waals surface area contributed by atoms with Gasteiger partial charge < -0.3 is 5.32 Å². The molecule has 1 aromatic carbocycles. The van der Waals surface area contributed by atoms with Gasteiger partial charge in [0.2, 0.25) is 15.9 Å². The number of nitrogens with one attached hydrogen (secondary N) is 1. The second-order valence-corrected chi connectivity index (χ2v) is 8.77. The zero-order chi connectivity index (χ0) is 19.8. The van der Waals surface area contributed by atoms with Crippen LogP contribution in [0.5, 0.6) is 0 Å². The van der Waals surface area contributed by atoms with Crippen LogP contribution in [0.4, 0.5) is 4.39 Å². The van der Waals surface area contributed by atoms with Gasteiger partial charge in [0.1, 0.15) is 11.9 Å². The summed E-state index contributed by atoms with van der Waals surface area (Å²) >= 11 is 0. The highest BCUT2D eigenvalue weighted by Gasteiger charge is 2.37. The first-order valence-electron chi connectivity index (χ1n) is 8.76. The number of rotatable bonds is 5. The molecule has 1 fully saturated rings. The normalized spacial score (nSPS) is 19.2. The monoisotopic (exact) mass is 394 g/mol. The van der Waals surface area contributed by atoms with Crippen LogP contribution in [0.15, 0.2) is 30.5 Å². The van der Waals surface area contributed by atoms with Gasteiger partial charge in [0, 0.05) is 17.8 Å². The number of nitrogens with zero attached hydrogens (tertiary/aromatic N) is 3. The number of carbonyl (C=O) groups is 1. The number of benzene rings is 1. The molecule has 0 aliphatic carbocycles. The maximum Gasteiger partial charge on any atom is 0.238 e. The van der Waals surface area contributed by atoms with E-state index in [0.29, 0.717) is 19.4 Å². The van der Waals surface area contributed by atoms with Crippen molar-refractivity contribution in [2.45, 2.75) is 38.8 Å². The van der Waals surface area contributed by atoms with Crippen molar-refractivity contribution in [1.82, 2.24) is 19.4 Å². The molecular weight excluding hydrogens is 371 g/mol. The number of hydrogen-bond acceptors (Lipinski definition) is 4. The van der Waals surface area contributed by atoms with Gasteiger partial charge in [0.25, 0.3) is 0 Å². The molecule has 7 nitrogen and oxygen atoms in total. The highest BCUT2D eigenvalue weighted by molar-refractivity contribution is 7.88. The molecule has 0 spiro atoms. The summed E-state index contributed by atoms with van der Waals surface area (Å²) in [6.07, 6.45) is 3.96. The van der Waals surface area contributed by atoms with Gasteiger partial charge >= 0.3 is 0 Å². The van der Waals surface area contributed by atoms with Crippen molar-refractivity contribution in [3.05, 3.63) is 47.5 Å². The Morgan fingerprint density at radius 2 is 2.00 bits per heavy atom. The average Bonchev–Trinajstić information content (AvgIpc) is 3.22. The van der Waals surface area contributed by atoms with Crippen molar-refractivity contribution in [2.24, 2.45) is 0 Å². The molecule has 0 saturated carbocycles. The van der Waals surface area contributed by atoms with Gasteiger partial charge in [-0.1, -0.05) is 0 Å². The third-order valence-corrected chi connectivity index (χ3v) is 6.17. The van der Waals surface area contributed by atoms with Gasteiger partial charge in [-0.05, 0) is 51.0 Å². The van der Waals surface area contributed by atoms with Crippen LogP contribution in [-0.2, 0) is 14.8 Å². The van der Waals surface area contributed by atoms with E-state index in [9.17, 15) is 17.6 Å². The topological polar surface area (TPSA) is 84.3 Å². The molecule has 2 heterocycles. The third-order valence-electron chi connectivity index (χ3n) is 4.88. The fourth-order valence-corrected chi connectivity index (χ4v) is 4.60. The van der Waals surface area contributed by atoms with Gasteiger partial charge in [0.05, 0.1) is 24.2 Å². The zero-order valence-electron chi connectivity index (χ0n) is 15.5. The minimum absolute atomic E-state index is 0.306. The Morgan fingerprint density at radius 3 is 2.63 bits per heavy atom. The number of carbonyl (C=O) groups excluding carboxylic acids is 1. The van der Waals surface area contributed by atoms with E-state index < -0.39 is 16.1 Å². The Kier molecular flexibility index (Phi) is 5.34. The van der Waals surface area contributed by atoms with Crippen LogP contribution >= 0.6 is 0 Å². The Morgan fingerprint density at radius 1 is 1.33 bits per heavy atom. The van der Waals surface area contributed by atoms with Crippen LogP contribution < -0.4 is 5.32 Å². The van der Waals surface area contributed by atoms with E-state index in [1.54, 1.807) is 23.0 Å². The lowest BCUT2D eigenvalue weighted by Gasteiger charge is -2.23. The predicted molar refractivity (Wildman–Crippen MR) is 99.4 cm³/mol. The lowest BCUT2D eigenvalue weighted by atomic mass is 10.1. The number of halogens is 1. The predicted octanol–water partition coefficient (Wildman–Crippen LogP) is 1.92. The first kappa shape index (κ1) is 19.5. The molecule has 27 heavy (non-hydrogen) atoms. The van der Waals surface area contributed by atoms with Gasteiger partial charge in [0.15, 0.2) is 0 Å². The second kappa shape index (κ2) is 7.40. The first-order chi connectivity index (χ1) is 12.7. The summed E-state index contributed by atoms with van der Waals surface area (Å²) in [5.74, 6) is -0.629. The molecule has 146 valence electrons. The molecule has 0 bridgehead atoms. The fraction of sp³-hybridized carbons (Fsp3) is 0.444. The van der Waals surface area contributed by atoms with Crippen molar-refractivity contribution >= 4 is 15.9 Å². The number of amides is 1.